The minimum Gasteiger partial charge on any atom is -0.508 e. The molecule has 2 aromatic rings. The van der Waals surface area contributed by atoms with Crippen LogP contribution in [0.4, 0.5) is 0 Å². The van der Waals surface area contributed by atoms with Crippen LogP contribution in [0.1, 0.15) is 10.4 Å². The van der Waals surface area contributed by atoms with Gasteiger partial charge in [-0.05, 0) is 35.0 Å². The Bertz CT molecular complexity index is 566. The summed E-state index contributed by atoms with van der Waals surface area (Å²) in [5.41, 5.74) is 0.548. The van der Waals surface area contributed by atoms with Crippen LogP contribution in [-0.2, 0) is 4.84 Å². The third-order valence-corrected chi connectivity index (χ3v) is 2.65. The molecule has 0 atom stereocenters. The number of hydroxylamine groups is 2. The molecule has 0 saturated heterocycles. The fourth-order valence-corrected chi connectivity index (χ4v) is 1.71. The van der Waals surface area contributed by atoms with E-state index in [1.165, 1.54) is 12.2 Å². The van der Waals surface area contributed by atoms with Crippen molar-refractivity contribution in [2.24, 2.45) is 0 Å². The van der Waals surface area contributed by atoms with Crippen LogP contribution < -0.4 is 0 Å². The largest absolute Gasteiger partial charge is 0.508 e. The SMILES string of the molecule is CON(C)C(=O)c1cccc2cc(O)ccc12. The van der Waals surface area contributed by atoms with Crippen molar-refractivity contribution in [1.29, 1.82) is 0 Å². The monoisotopic (exact) mass is 231 g/mol. The van der Waals surface area contributed by atoms with Crippen molar-refractivity contribution in [3.05, 3.63) is 42.0 Å². The van der Waals surface area contributed by atoms with E-state index in [9.17, 15) is 9.90 Å². The van der Waals surface area contributed by atoms with Crippen LogP contribution in [0, 0.1) is 0 Å². The molecule has 0 radical (unpaired) electrons. The van der Waals surface area contributed by atoms with Crippen LogP contribution in [0.15, 0.2) is 36.4 Å². The molecule has 0 fully saturated rings. The quantitative estimate of drug-likeness (QED) is 0.806. The third-order valence-electron chi connectivity index (χ3n) is 2.65. The molecule has 0 bridgehead atoms. The molecular formula is C13H13NO3. The maximum Gasteiger partial charge on any atom is 0.277 e. The van der Waals surface area contributed by atoms with Crippen molar-refractivity contribution in [1.82, 2.24) is 5.06 Å². The Morgan fingerprint density at radius 2 is 2.06 bits per heavy atom. The fraction of sp³-hybridized carbons (Fsp3) is 0.154. The number of benzene rings is 2. The van der Waals surface area contributed by atoms with E-state index in [2.05, 4.69) is 0 Å². The predicted molar refractivity (Wildman–Crippen MR) is 64.7 cm³/mol. The number of fused-ring (bicyclic) bond motifs is 1. The highest BCUT2D eigenvalue weighted by Crippen LogP contribution is 2.23. The minimum absolute atomic E-state index is 0.183. The molecule has 1 amide bonds. The summed E-state index contributed by atoms with van der Waals surface area (Å²) in [7, 11) is 3.00. The third kappa shape index (κ3) is 2.07. The molecule has 0 spiro atoms. The first kappa shape index (κ1) is 11.4. The molecule has 17 heavy (non-hydrogen) atoms. The summed E-state index contributed by atoms with van der Waals surface area (Å²) in [4.78, 5) is 16.9. The molecule has 0 saturated carbocycles. The highest BCUT2D eigenvalue weighted by Gasteiger charge is 2.14. The van der Waals surface area contributed by atoms with Crippen LogP contribution in [0.2, 0.25) is 0 Å². The second-order valence-corrected chi connectivity index (χ2v) is 3.70. The summed E-state index contributed by atoms with van der Waals surface area (Å²) in [6, 6.07) is 10.3. The van der Waals surface area contributed by atoms with Gasteiger partial charge in [-0.3, -0.25) is 9.63 Å². The highest BCUT2D eigenvalue weighted by atomic mass is 16.7. The van der Waals surface area contributed by atoms with Gasteiger partial charge in [-0.2, -0.15) is 0 Å². The molecule has 2 aromatic carbocycles. The van der Waals surface area contributed by atoms with E-state index < -0.39 is 0 Å². The van der Waals surface area contributed by atoms with Gasteiger partial charge in [-0.25, -0.2) is 5.06 Å². The Hall–Kier alpha value is -2.07. The highest BCUT2D eigenvalue weighted by molar-refractivity contribution is 6.06. The Kier molecular flexibility index (Phi) is 2.97. The van der Waals surface area contributed by atoms with Crippen LogP contribution in [0.5, 0.6) is 5.75 Å². The van der Waals surface area contributed by atoms with Gasteiger partial charge in [-0.15, -0.1) is 0 Å². The van der Waals surface area contributed by atoms with E-state index in [1.807, 2.05) is 6.07 Å². The van der Waals surface area contributed by atoms with Gasteiger partial charge in [-0.1, -0.05) is 12.1 Å². The lowest BCUT2D eigenvalue weighted by Crippen LogP contribution is -2.25. The van der Waals surface area contributed by atoms with E-state index in [1.54, 1.807) is 37.4 Å². The first-order valence-corrected chi connectivity index (χ1v) is 5.17. The number of carbonyl (C=O) groups is 1. The van der Waals surface area contributed by atoms with Gasteiger partial charge in [0.2, 0.25) is 0 Å². The second kappa shape index (κ2) is 4.43. The number of phenols is 1. The van der Waals surface area contributed by atoms with Crippen molar-refractivity contribution < 1.29 is 14.7 Å². The Labute approximate surface area is 99.0 Å². The standard InChI is InChI=1S/C13H13NO3/c1-14(17-2)13(16)12-5-3-4-9-8-10(15)6-7-11(9)12/h3-8,15H,1-2H3. The average Bonchev–Trinajstić information content (AvgIpc) is 2.35. The predicted octanol–water partition coefficient (Wildman–Crippen LogP) is 2.18. The van der Waals surface area contributed by atoms with Crippen molar-refractivity contribution in [2.75, 3.05) is 14.2 Å². The van der Waals surface area contributed by atoms with Gasteiger partial charge in [0.1, 0.15) is 5.75 Å². The zero-order chi connectivity index (χ0) is 12.4. The smallest absolute Gasteiger partial charge is 0.277 e. The van der Waals surface area contributed by atoms with Crippen LogP contribution in [-0.4, -0.2) is 30.2 Å². The molecule has 0 heterocycles. The molecule has 0 aliphatic rings. The van der Waals surface area contributed by atoms with E-state index in [0.717, 1.165) is 10.8 Å². The van der Waals surface area contributed by atoms with Crippen molar-refractivity contribution in [3.8, 4) is 5.75 Å². The van der Waals surface area contributed by atoms with Crippen molar-refractivity contribution in [2.45, 2.75) is 0 Å². The van der Waals surface area contributed by atoms with Gasteiger partial charge in [0, 0.05) is 12.6 Å². The second-order valence-electron chi connectivity index (χ2n) is 3.70. The number of carbonyl (C=O) groups excluding carboxylic acids is 1. The number of aromatic hydroxyl groups is 1. The molecular weight excluding hydrogens is 218 g/mol. The summed E-state index contributed by atoms with van der Waals surface area (Å²) < 4.78 is 0. The normalized spacial score (nSPS) is 10.5. The van der Waals surface area contributed by atoms with Crippen LogP contribution in [0.3, 0.4) is 0 Å². The Morgan fingerprint density at radius 1 is 1.29 bits per heavy atom. The number of phenolic OH excluding ortho intramolecular Hbond substituents is 1. The van der Waals surface area contributed by atoms with E-state index in [-0.39, 0.29) is 11.7 Å². The molecule has 0 aliphatic heterocycles. The summed E-state index contributed by atoms with van der Waals surface area (Å²) in [5, 5.41) is 12.2. The first-order chi connectivity index (χ1) is 8.13. The van der Waals surface area contributed by atoms with E-state index in [0.29, 0.717) is 5.56 Å². The lowest BCUT2D eigenvalue weighted by molar-refractivity contribution is -0.0755. The molecule has 88 valence electrons. The van der Waals surface area contributed by atoms with Gasteiger partial charge >= 0.3 is 0 Å². The van der Waals surface area contributed by atoms with E-state index >= 15 is 0 Å². The van der Waals surface area contributed by atoms with Gasteiger partial charge in [0.05, 0.1) is 7.11 Å². The Morgan fingerprint density at radius 3 is 2.76 bits per heavy atom. The Balaban J connectivity index is 2.58. The summed E-state index contributed by atoms with van der Waals surface area (Å²) >= 11 is 0. The maximum absolute atomic E-state index is 12.0. The summed E-state index contributed by atoms with van der Waals surface area (Å²) in [6.07, 6.45) is 0. The summed E-state index contributed by atoms with van der Waals surface area (Å²) in [6.45, 7) is 0. The number of hydrogen-bond acceptors (Lipinski definition) is 3. The summed E-state index contributed by atoms with van der Waals surface area (Å²) in [5.74, 6) is -0.0361. The number of rotatable bonds is 2. The molecule has 4 heteroatoms. The first-order valence-electron chi connectivity index (χ1n) is 5.17. The molecule has 0 unspecified atom stereocenters. The molecule has 4 nitrogen and oxygen atoms in total. The molecule has 2 rings (SSSR count). The average molecular weight is 231 g/mol. The topological polar surface area (TPSA) is 49.8 Å². The van der Waals surface area contributed by atoms with Crippen LogP contribution in [0.25, 0.3) is 10.8 Å². The van der Waals surface area contributed by atoms with Crippen molar-refractivity contribution in [3.63, 3.8) is 0 Å². The lowest BCUT2D eigenvalue weighted by Gasteiger charge is -2.15. The maximum atomic E-state index is 12.0. The van der Waals surface area contributed by atoms with Crippen LogP contribution >= 0.6 is 0 Å². The zero-order valence-corrected chi connectivity index (χ0v) is 9.68. The molecule has 0 aromatic heterocycles. The fourth-order valence-electron chi connectivity index (χ4n) is 1.71. The number of hydrogen-bond donors (Lipinski definition) is 1. The lowest BCUT2D eigenvalue weighted by atomic mass is 10.0. The van der Waals surface area contributed by atoms with Gasteiger partial charge < -0.3 is 5.11 Å². The number of amides is 1. The van der Waals surface area contributed by atoms with Crippen molar-refractivity contribution >= 4 is 16.7 Å². The molecule has 0 aliphatic carbocycles. The van der Waals surface area contributed by atoms with Gasteiger partial charge in [0.25, 0.3) is 5.91 Å². The van der Waals surface area contributed by atoms with E-state index in [4.69, 9.17) is 4.84 Å². The molecule has 1 N–H and O–H groups in total. The zero-order valence-electron chi connectivity index (χ0n) is 9.68. The van der Waals surface area contributed by atoms with Gasteiger partial charge in [0.15, 0.2) is 0 Å². The minimum atomic E-state index is -0.219. The number of nitrogens with zero attached hydrogens (tertiary/aromatic N) is 1.